The van der Waals surface area contributed by atoms with E-state index < -0.39 is 17.6 Å². The number of nitrogens with zero attached hydrogens (tertiary/aromatic N) is 2. The summed E-state index contributed by atoms with van der Waals surface area (Å²) in [7, 11) is 0. The van der Waals surface area contributed by atoms with Gasteiger partial charge in [0.1, 0.15) is 5.82 Å². The van der Waals surface area contributed by atoms with E-state index in [1.807, 2.05) is 0 Å². The zero-order valence-corrected chi connectivity index (χ0v) is 12.2. The van der Waals surface area contributed by atoms with E-state index >= 15 is 0 Å². The molecule has 1 amide bonds. The Morgan fingerprint density at radius 2 is 2.30 bits per heavy atom. The lowest BCUT2D eigenvalue weighted by Crippen LogP contribution is -2.44. The van der Waals surface area contributed by atoms with Crippen LogP contribution >= 0.6 is 15.9 Å². The van der Waals surface area contributed by atoms with Gasteiger partial charge in [-0.05, 0) is 31.0 Å². The van der Waals surface area contributed by atoms with Crippen molar-refractivity contribution in [1.29, 1.82) is 5.26 Å². The Balaban J connectivity index is 2.26. The van der Waals surface area contributed by atoms with Gasteiger partial charge in [0.15, 0.2) is 5.78 Å². The van der Waals surface area contributed by atoms with E-state index in [0.717, 1.165) is 0 Å². The van der Waals surface area contributed by atoms with Gasteiger partial charge in [0.25, 0.3) is 0 Å². The third kappa shape index (κ3) is 2.88. The predicted molar refractivity (Wildman–Crippen MR) is 74.4 cm³/mol. The molecule has 0 bridgehead atoms. The number of anilines is 1. The number of rotatable bonds is 3. The monoisotopic (exact) mass is 338 g/mol. The third-order valence-corrected chi connectivity index (χ3v) is 3.77. The Hall–Kier alpha value is -1.74. The summed E-state index contributed by atoms with van der Waals surface area (Å²) in [5, 5.41) is 8.55. The van der Waals surface area contributed by atoms with Crippen molar-refractivity contribution in [3.05, 3.63) is 28.5 Å². The number of halogens is 2. The Bertz CT molecular complexity index is 597. The second-order valence-corrected chi connectivity index (χ2v) is 5.50. The molecule has 1 heterocycles. The number of ketones is 1. The molecule has 1 atom stereocenters. The maximum Gasteiger partial charge on any atom is 0.237 e. The second kappa shape index (κ2) is 6.14. The summed E-state index contributed by atoms with van der Waals surface area (Å²) >= 11 is 3.16. The molecule has 0 saturated carbocycles. The number of hydrogen-bond donors (Lipinski definition) is 0. The van der Waals surface area contributed by atoms with Crippen molar-refractivity contribution in [2.45, 2.75) is 19.3 Å². The fourth-order valence-corrected chi connectivity index (χ4v) is 2.65. The largest absolute Gasteiger partial charge is 0.309 e. The van der Waals surface area contributed by atoms with Crippen LogP contribution in [0.4, 0.5) is 10.1 Å². The fourth-order valence-electron chi connectivity index (χ4n) is 2.31. The molecule has 20 heavy (non-hydrogen) atoms. The molecule has 0 aromatic heterocycles. The number of benzene rings is 1. The van der Waals surface area contributed by atoms with Crippen LogP contribution in [0, 0.1) is 23.1 Å². The molecular formula is C14H12BrFN2O2. The Labute approximate surface area is 124 Å². The Morgan fingerprint density at radius 1 is 1.55 bits per heavy atom. The minimum atomic E-state index is -0.827. The molecule has 1 aromatic rings. The van der Waals surface area contributed by atoms with Crippen molar-refractivity contribution in [3.63, 3.8) is 0 Å². The van der Waals surface area contributed by atoms with E-state index in [4.69, 9.17) is 5.26 Å². The van der Waals surface area contributed by atoms with E-state index in [0.29, 0.717) is 23.9 Å². The number of nitriles is 1. The molecule has 1 aliphatic rings. The molecule has 1 aliphatic heterocycles. The quantitative estimate of drug-likeness (QED) is 0.796. The Kier molecular flexibility index (Phi) is 4.50. The number of piperidine rings is 1. The SMILES string of the molecule is N#CCC(=O)C1CCCN(c2ccc(Br)cc2F)C1=O. The zero-order chi connectivity index (χ0) is 14.7. The number of carbonyl (C=O) groups excluding carboxylic acids is 2. The lowest BCUT2D eigenvalue weighted by Gasteiger charge is -2.31. The molecule has 0 aliphatic carbocycles. The normalized spacial score (nSPS) is 18.8. The first-order valence-electron chi connectivity index (χ1n) is 6.20. The van der Waals surface area contributed by atoms with Crippen LogP contribution in [0.2, 0.25) is 0 Å². The molecular weight excluding hydrogens is 327 g/mol. The van der Waals surface area contributed by atoms with Crippen LogP contribution < -0.4 is 4.90 Å². The first-order chi connectivity index (χ1) is 9.54. The first kappa shape index (κ1) is 14.7. The molecule has 1 saturated heterocycles. The van der Waals surface area contributed by atoms with Gasteiger partial charge in [-0.15, -0.1) is 0 Å². The summed E-state index contributed by atoms with van der Waals surface area (Å²) in [5.74, 6) is -2.15. The van der Waals surface area contributed by atoms with Crippen LogP contribution in [-0.4, -0.2) is 18.2 Å². The van der Waals surface area contributed by atoms with Gasteiger partial charge in [0.05, 0.1) is 24.1 Å². The van der Waals surface area contributed by atoms with Gasteiger partial charge in [-0.3, -0.25) is 9.59 Å². The molecule has 1 unspecified atom stereocenters. The van der Waals surface area contributed by atoms with Crippen molar-refractivity contribution >= 4 is 33.3 Å². The highest BCUT2D eigenvalue weighted by Crippen LogP contribution is 2.29. The first-order valence-corrected chi connectivity index (χ1v) is 7.00. The van der Waals surface area contributed by atoms with Crippen LogP contribution in [0.5, 0.6) is 0 Å². The van der Waals surface area contributed by atoms with Gasteiger partial charge in [-0.25, -0.2) is 4.39 Å². The highest BCUT2D eigenvalue weighted by molar-refractivity contribution is 9.10. The average molecular weight is 339 g/mol. The maximum atomic E-state index is 13.9. The Morgan fingerprint density at radius 3 is 2.95 bits per heavy atom. The lowest BCUT2D eigenvalue weighted by molar-refractivity contribution is -0.133. The molecule has 1 aromatic carbocycles. The highest BCUT2D eigenvalue weighted by atomic mass is 79.9. The van der Waals surface area contributed by atoms with Gasteiger partial charge in [-0.2, -0.15) is 5.26 Å². The van der Waals surface area contributed by atoms with Crippen molar-refractivity contribution in [2.75, 3.05) is 11.4 Å². The van der Waals surface area contributed by atoms with Crippen molar-refractivity contribution < 1.29 is 14.0 Å². The summed E-state index contributed by atoms with van der Waals surface area (Å²) in [4.78, 5) is 25.3. The number of Topliss-reactive ketones (excluding diaryl/α,β-unsaturated/α-hetero) is 1. The molecule has 0 spiro atoms. The second-order valence-electron chi connectivity index (χ2n) is 4.58. The molecule has 4 nitrogen and oxygen atoms in total. The zero-order valence-electron chi connectivity index (χ0n) is 10.6. The molecule has 2 rings (SSSR count). The topological polar surface area (TPSA) is 61.2 Å². The summed E-state index contributed by atoms with van der Waals surface area (Å²) < 4.78 is 14.5. The van der Waals surface area contributed by atoms with Crippen LogP contribution in [-0.2, 0) is 9.59 Å². The summed E-state index contributed by atoms with van der Waals surface area (Å²) in [6, 6.07) is 6.19. The highest BCUT2D eigenvalue weighted by Gasteiger charge is 2.35. The molecule has 0 N–H and O–H groups in total. The van der Waals surface area contributed by atoms with Crippen LogP contribution in [0.3, 0.4) is 0 Å². The van der Waals surface area contributed by atoms with E-state index in [1.54, 1.807) is 12.1 Å². The van der Waals surface area contributed by atoms with Crippen molar-refractivity contribution in [1.82, 2.24) is 0 Å². The third-order valence-electron chi connectivity index (χ3n) is 3.28. The van der Waals surface area contributed by atoms with Gasteiger partial charge >= 0.3 is 0 Å². The molecule has 0 radical (unpaired) electrons. The van der Waals surface area contributed by atoms with E-state index in [1.165, 1.54) is 17.0 Å². The van der Waals surface area contributed by atoms with Crippen molar-refractivity contribution in [2.24, 2.45) is 5.92 Å². The van der Waals surface area contributed by atoms with Crippen LogP contribution in [0.25, 0.3) is 0 Å². The summed E-state index contributed by atoms with van der Waals surface area (Å²) in [5.41, 5.74) is 0.174. The van der Waals surface area contributed by atoms with Gasteiger partial charge in [0, 0.05) is 11.0 Å². The number of carbonyl (C=O) groups is 2. The van der Waals surface area contributed by atoms with Crippen LogP contribution in [0.1, 0.15) is 19.3 Å². The standard InChI is InChI=1S/C14H12BrFN2O2/c15-9-3-4-12(11(16)8-9)18-7-1-2-10(14(18)20)13(19)5-6-17/h3-4,8,10H,1-2,5,7H2. The van der Waals surface area contributed by atoms with Crippen LogP contribution in [0.15, 0.2) is 22.7 Å². The van der Waals surface area contributed by atoms with E-state index in [2.05, 4.69) is 15.9 Å². The minimum absolute atomic E-state index is 0.174. The number of hydrogen-bond acceptors (Lipinski definition) is 3. The fraction of sp³-hybridized carbons (Fsp3) is 0.357. The maximum absolute atomic E-state index is 13.9. The summed E-state index contributed by atoms with van der Waals surface area (Å²) in [6.45, 7) is 0.383. The van der Waals surface area contributed by atoms with E-state index in [9.17, 15) is 14.0 Å². The average Bonchev–Trinajstić information content (AvgIpc) is 2.40. The van der Waals surface area contributed by atoms with Gasteiger partial charge in [0.2, 0.25) is 5.91 Å². The minimum Gasteiger partial charge on any atom is -0.309 e. The van der Waals surface area contributed by atoms with Gasteiger partial charge < -0.3 is 4.90 Å². The molecule has 104 valence electrons. The van der Waals surface area contributed by atoms with Gasteiger partial charge in [-0.1, -0.05) is 15.9 Å². The molecule has 1 fully saturated rings. The van der Waals surface area contributed by atoms with Crippen molar-refractivity contribution in [3.8, 4) is 6.07 Å². The lowest BCUT2D eigenvalue weighted by atomic mass is 9.91. The summed E-state index contributed by atoms with van der Waals surface area (Å²) in [6.07, 6.45) is 0.754. The smallest absolute Gasteiger partial charge is 0.237 e. The predicted octanol–water partition coefficient (Wildman–Crippen LogP) is 2.81. The number of amides is 1. The van der Waals surface area contributed by atoms with E-state index in [-0.39, 0.29) is 17.9 Å². The molecule has 6 heteroatoms.